The Hall–Kier alpha value is -1.04. The number of ketones is 1. The van der Waals surface area contributed by atoms with Crippen LogP contribution in [-0.2, 0) is 14.3 Å². The molecule has 1 aliphatic rings. The summed E-state index contributed by atoms with van der Waals surface area (Å²) in [6.07, 6.45) is -11.5. The van der Waals surface area contributed by atoms with Crippen molar-refractivity contribution in [1.82, 2.24) is 0 Å². The molecule has 0 amide bonds. The van der Waals surface area contributed by atoms with Gasteiger partial charge in [0.2, 0.25) is 6.29 Å². The number of rotatable bonds is 5. The third-order valence-electron chi connectivity index (χ3n) is 3.42. The van der Waals surface area contributed by atoms with Crippen LogP contribution in [0.2, 0.25) is 0 Å². The maximum atomic E-state index is 13.9. The van der Waals surface area contributed by atoms with Crippen LogP contribution in [0.3, 0.4) is 0 Å². The summed E-state index contributed by atoms with van der Waals surface area (Å²) >= 11 is 0. The van der Waals surface area contributed by atoms with E-state index in [0.717, 1.165) is 6.92 Å². The van der Waals surface area contributed by atoms with Crippen LogP contribution in [-0.4, -0.2) is 48.7 Å². The second-order valence-corrected chi connectivity index (χ2v) is 5.19. The Balaban J connectivity index is 3.28. The van der Waals surface area contributed by atoms with Gasteiger partial charge in [-0.3, -0.25) is 4.79 Å². The second kappa shape index (κ2) is 6.36. The fourth-order valence-electron chi connectivity index (χ4n) is 2.15. The predicted molar refractivity (Wildman–Crippen MR) is 60.0 cm³/mol. The molecule has 0 aromatic carbocycles. The fraction of sp³-hybridized carbons (Fsp3) is 0.917. The third kappa shape index (κ3) is 3.22. The van der Waals surface area contributed by atoms with E-state index in [4.69, 9.17) is 4.74 Å². The molecule has 24 heavy (non-hydrogen) atoms. The van der Waals surface area contributed by atoms with E-state index in [1.165, 1.54) is 6.92 Å². The van der Waals surface area contributed by atoms with E-state index in [2.05, 4.69) is 4.74 Å². The van der Waals surface area contributed by atoms with E-state index in [1.807, 2.05) is 0 Å². The van der Waals surface area contributed by atoms with Gasteiger partial charge in [-0.05, 0) is 20.3 Å². The van der Waals surface area contributed by atoms with Gasteiger partial charge >= 0.3 is 23.9 Å². The lowest BCUT2D eigenvalue weighted by Crippen LogP contribution is -2.65. The van der Waals surface area contributed by atoms with Crippen LogP contribution >= 0.6 is 0 Å². The van der Waals surface area contributed by atoms with Crippen molar-refractivity contribution in [3.05, 3.63) is 0 Å². The number of halogens is 9. The van der Waals surface area contributed by atoms with Gasteiger partial charge in [-0.15, -0.1) is 0 Å². The van der Waals surface area contributed by atoms with Gasteiger partial charge in [0.25, 0.3) is 0 Å². The monoisotopic (exact) mass is 376 g/mol. The van der Waals surface area contributed by atoms with Gasteiger partial charge in [0.05, 0.1) is 12.0 Å². The standard InChI is InChI=1S/C12H13F9O3/c1-3-23-8-7(22)6(4-5(2)24-8)9(13,14)10(15,16)11(17,18)12(19,20)21/h5-6,8H,3-4H2,1-2H3/t5?,6?,8-/m1/s1. The average molecular weight is 376 g/mol. The number of carbonyl (C=O) groups excluding carboxylic acids is 1. The van der Waals surface area contributed by atoms with Crippen LogP contribution < -0.4 is 0 Å². The van der Waals surface area contributed by atoms with E-state index in [-0.39, 0.29) is 6.61 Å². The Morgan fingerprint density at radius 3 is 1.96 bits per heavy atom. The van der Waals surface area contributed by atoms with Crippen molar-refractivity contribution in [3.8, 4) is 0 Å². The summed E-state index contributed by atoms with van der Waals surface area (Å²) in [5, 5.41) is 0. The Bertz CT molecular complexity index is 475. The van der Waals surface area contributed by atoms with Crippen molar-refractivity contribution in [1.29, 1.82) is 0 Å². The molecule has 0 spiro atoms. The van der Waals surface area contributed by atoms with Gasteiger partial charge < -0.3 is 9.47 Å². The van der Waals surface area contributed by atoms with Gasteiger partial charge in [0.1, 0.15) is 0 Å². The summed E-state index contributed by atoms with van der Waals surface area (Å²) < 4.78 is 126. The highest BCUT2D eigenvalue weighted by Gasteiger charge is 2.83. The van der Waals surface area contributed by atoms with Gasteiger partial charge in [-0.25, -0.2) is 0 Å². The van der Waals surface area contributed by atoms with Crippen LogP contribution in [0.15, 0.2) is 0 Å². The van der Waals surface area contributed by atoms with E-state index < -0.39 is 54.5 Å². The smallest absolute Gasteiger partial charge is 0.346 e. The molecule has 1 saturated heterocycles. The molecule has 0 aliphatic carbocycles. The van der Waals surface area contributed by atoms with Gasteiger partial charge in [0.15, 0.2) is 5.78 Å². The number of hydrogen-bond acceptors (Lipinski definition) is 3. The number of carbonyl (C=O) groups is 1. The highest BCUT2D eigenvalue weighted by atomic mass is 19.4. The number of Topliss-reactive ketones (excluding diaryl/α,β-unsaturated/α-hetero) is 1. The van der Waals surface area contributed by atoms with Crippen molar-refractivity contribution < 1.29 is 53.8 Å². The van der Waals surface area contributed by atoms with Crippen molar-refractivity contribution in [2.45, 2.75) is 56.6 Å². The summed E-state index contributed by atoms with van der Waals surface area (Å²) in [7, 11) is 0. The van der Waals surface area contributed by atoms with Crippen LogP contribution in [0.4, 0.5) is 39.5 Å². The van der Waals surface area contributed by atoms with Crippen LogP contribution in [0.1, 0.15) is 20.3 Å². The molecular formula is C12H13F9O3. The first-order valence-electron chi connectivity index (χ1n) is 6.62. The van der Waals surface area contributed by atoms with Gasteiger partial charge in [0, 0.05) is 6.61 Å². The molecular weight excluding hydrogens is 363 g/mol. The molecule has 142 valence electrons. The Morgan fingerprint density at radius 1 is 1.04 bits per heavy atom. The van der Waals surface area contributed by atoms with E-state index in [1.54, 1.807) is 0 Å². The largest absolute Gasteiger partial charge is 0.460 e. The topological polar surface area (TPSA) is 35.5 Å². The average Bonchev–Trinajstić information content (AvgIpc) is 2.40. The highest BCUT2D eigenvalue weighted by Crippen LogP contribution is 2.56. The molecule has 12 heteroatoms. The summed E-state index contributed by atoms with van der Waals surface area (Å²) in [5.41, 5.74) is 0. The normalized spacial score (nSPS) is 27.5. The molecule has 3 atom stereocenters. The first kappa shape index (κ1) is 21.0. The van der Waals surface area contributed by atoms with Crippen LogP contribution in [0, 0.1) is 5.92 Å². The summed E-state index contributed by atoms with van der Waals surface area (Å²) in [6.45, 7) is 2.09. The molecule has 0 bridgehead atoms. The van der Waals surface area contributed by atoms with E-state index in [0.29, 0.717) is 0 Å². The Labute approximate surface area is 130 Å². The third-order valence-corrected chi connectivity index (χ3v) is 3.42. The lowest BCUT2D eigenvalue weighted by molar-refractivity contribution is -0.403. The second-order valence-electron chi connectivity index (χ2n) is 5.19. The highest BCUT2D eigenvalue weighted by molar-refractivity contribution is 5.86. The molecule has 1 rings (SSSR count). The lowest BCUT2D eigenvalue weighted by atomic mass is 9.83. The molecule has 0 aromatic rings. The van der Waals surface area contributed by atoms with Gasteiger partial charge in [-0.1, -0.05) is 0 Å². The van der Waals surface area contributed by atoms with E-state index >= 15 is 0 Å². The minimum absolute atomic E-state index is 0.267. The molecule has 0 radical (unpaired) electrons. The quantitative estimate of drug-likeness (QED) is 0.685. The minimum Gasteiger partial charge on any atom is -0.346 e. The molecule has 1 aliphatic heterocycles. The van der Waals surface area contributed by atoms with Crippen molar-refractivity contribution >= 4 is 5.78 Å². The van der Waals surface area contributed by atoms with E-state index in [9.17, 15) is 44.3 Å². The molecule has 0 aromatic heterocycles. The zero-order valence-corrected chi connectivity index (χ0v) is 12.3. The van der Waals surface area contributed by atoms with Crippen molar-refractivity contribution in [2.24, 2.45) is 5.92 Å². The number of ether oxygens (including phenoxy) is 2. The zero-order chi connectivity index (χ0) is 19.1. The summed E-state index contributed by atoms with van der Waals surface area (Å²) in [4.78, 5) is 11.7. The molecule has 0 N–H and O–H groups in total. The predicted octanol–water partition coefficient (Wildman–Crippen LogP) is 3.81. The number of alkyl halides is 9. The van der Waals surface area contributed by atoms with Crippen LogP contribution in [0.25, 0.3) is 0 Å². The molecule has 1 fully saturated rings. The van der Waals surface area contributed by atoms with Crippen molar-refractivity contribution in [2.75, 3.05) is 6.61 Å². The van der Waals surface area contributed by atoms with Gasteiger partial charge in [-0.2, -0.15) is 39.5 Å². The molecule has 2 unspecified atom stereocenters. The molecule has 1 heterocycles. The minimum atomic E-state index is -7.04. The SMILES string of the molecule is CCO[C@@H]1OC(C)CC(C(F)(F)C(F)(F)C(F)(F)C(F)(F)F)C1=O. The number of hydrogen-bond donors (Lipinski definition) is 0. The zero-order valence-electron chi connectivity index (χ0n) is 12.3. The maximum Gasteiger partial charge on any atom is 0.460 e. The van der Waals surface area contributed by atoms with Crippen molar-refractivity contribution in [3.63, 3.8) is 0 Å². The lowest BCUT2D eigenvalue weighted by Gasteiger charge is -2.41. The Morgan fingerprint density at radius 2 is 1.54 bits per heavy atom. The summed E-state index contributed by atoms with van der Waals surface area (Å²) in [6, 6.07) is 0. The maximum absolute atomic E-state index is 13.9. The first-order valence-corrected chi connectivity index (χ1v) is 6.62. The first-order chi connectivity index (χ1) is 10.6. The summed E-state index contributed by atoms with van der Waals surface area (Å²) in [5.74, 6) is -24.8. The van der Waals surface area contributed by atoms with Crippen LogP contribution in [0.5, 0.6) is 0 Å². The molecule has 0 saturated carbocycles. The Kier molecular flexibility index (Phi) is 5.56. The fourth-order valence-corrected chi connectivity index (χ4v) is 2.15. The molecule has 3 nitrogen and oxygen atoms in total.